The number of hydrogen-bond donors (Lipinski definition) is 1. The average Bonchev–Trinajstić information content (AvgIpc) is 3.24. The number of aryl methyl sites for hydroxylation is 1. The van der Waals surface area contributed by atoms with E-state index in [9.17, 15) is 13.2 Å². The molecule has 1 saturated heterocycles. The molecule has 0 radical (unpaired) electrons. The van der Waals surface area contributed by atoms with E-state index in [4.69, 9.17) is 16.3 Å². The molecule has 0 unspecified atom stereocenters. The van der Waals surface area contributed by atoms with Gasteiger partial charge in [-0.25, -0.2) is 8.42 Å². The molecule has 0 aliphatic carbocycles. The van der Waals surface area contributed by atoms with Gasteiger partial charge in [0.25, 0.3) is 10.0 Å². The molecule has 140 valence electrons. The number of thiophene rings is 1. The van der Waals surface area contributed by atoms with Crippen molar-refractivity contribution in [3.05, 3.63) is 40.2 Å². The standard InChI is InChI=1S/C17H19ClN2O4S2/c1-11-5-6-14(24-2)12(10-11)19-17(21)13-4-3-9-20(13)26(22,23)16-8-7-15(18)25-16/h5-8,10,13H,3-4,9H2,1-2H3,(H,19,21)/t13-/m1/s1. The molecule has 26 heavy (non-hydrogen) atoms. The lowest BCUT2D eigenvalue weighted by atomic mass is 10.1. The summed E-state index contributed by atoms with van der Waals surface area (Å²) in [6.45, 7) is 2.21. The van der Waals surface area contributed by atoms with E-state index in [1.807, 2.05) is 13.0 Å². The van der Waals surface area contributed by atoms with E-state index < -0.39 is 16.1 Å². The van der Waals surface area contributed by atoms with Crippen LogP contribution in [-0.4, -0.2) is 38.3 Å². The number of nitrogens with one attached hydrogen (secondary N) is 1. The average molecular weight is 415 g/mol. The van der Waals surface area contributed by atoms with Crippen LogP contribution in [0.2, 0.25) is 4.34 Å². The first-order valence-electron chi connectivity index (χ1n) is 8.05. The van der Waals surface area contributed by atoms with Gasteiger partial charge in [0.05, 0.1) is 17.1 Å². The summed E-state index contributed by atoms with van der Waals surface area (Å²) in [5.41, 5.74) is 1.49. The number of sulfonamides is 1. The maximum absolute atomic E-state index is 12.9. The topological polar surface area (TPSA) is 75.7 Å². The van der Waals surface area contributed by atoms with Crippen molar-refractivity contribution in [3.8, 4) is 5.75 Å². The van der Waals surface area contributed by atoms with Gasteiger partial charge in [0.15, 0.2) is 0 Å². The van der Waals surface area contributed by atoms with Crippen LogP contribution in [0.1, 0.15) is 18.4 Å². The first kappa shape index (κ1) is 19.2. The molecule has 0 spiro atoms. The molecule has 2 heterocycles. The van der Waals surface area contributed by atoms with Gasteiger partial charge < -0.3 is 10.1 Å². The monoisotopic (exact) mass is 414 g/mol. The lowest BCUT2D eigenvalue weighted by Gasteiger charge is -2.23. The number of nitrogens with zero attached hydrogens (tertiary/aromatic N) is 1. The van der Waals surface area contributed by atoms with Crippen LogP contribution < -0.4 is 10.1 Å². The Bertz CT molecular complexity index is 927. The summed E-state index contributed by atoms with van der Waals surface area (Å²) in [4.78, 5) is 12.8. The molecule has 3 rings (SSSR count). The molecule has 0 bridgehead atoms. The summed E-state index contributed by atoms with van der Waals surface area (Å²) in [6.07, 6.45) is 1.10. The van der Waals surface area contributed by atoms with Gasteiger partial charge in [-0.1, -0.05) is 17.7 Å². The third-order valence-corrected chi connectivity index (χ3v) is 7.84. The molecule has 0 saturated carbocycles. The largest absolute Gasteiger partial charge is 0.495 e. The van der Waals surface area contributed by atoms with Gasteiger partial charge in [0.2, 0.25) is 5.91 Å². The van der Waals surface area contributed by atoms with Crippen molar-refractivity contribution in [2.75, 3.05) is 19.0 Å². The Morgan fingerprint density at radius 2 is 2.12 bits per heavy atom. The van der Waals surface area contributed by atoms with Gasteiger partial charge >= 0.3 is 0 Å². The first-order chi connectivity index (χ1) is 12.3. The molecule has 1 amide bonds. The number of carbonyl (C=O) groups excluding carboxylic acids is 1. The van der Waals surface area contributed by atoms with Crippen molar-refractivity contribution in [2.45, 2.75) is 30.0 Å². The van der Waals surface area contributed by atoms with Crippen LogP contribution in [0.5, 0.6) is 5.75 Å². The fraction of sp³-hybridized carbons (Fsp3) is 0.353. The normalized spacial score (nSPS) is 18.0. The Morgan fingerprint density at radius 3 is 2.77 bits per heavy atom. The zero-order chi connectivity index (χ0) is 18.9. The third kappa shape index (κ3) is 3.73. The van der Waals surface area contributed by atoms with Crippen LogP contribution in [0.25, 0.3) is 0 Å². The third-order valence-electron chi connectivity index (χ3n) is 4.23. The smallest absolute Gasteiger partial charge is 0.253 e. The summed E-state index contributed by atoms with van der Waals surface area (Å²) in [5.74, 6) is 0.166. The second kappa shape index (κ2) is 7.56. The molecule has 1 aromatic heterocycles. The van der Waals surface area contributed by atoms with Crippen LogP contribution in [0.4, 0.5) is 5.69 Å². The minimum Gasteiger partial charge on any atom is -0.495 e. The van der Waals surface area contributed by atoms with Crippen LogP contribution >= 0.6 is 22.9 Å². The van der Waals surface area contributed by atoms with Crippen molar-refractivity contribution in [1.29, 1.82) is 0 Å². The second-order valence-corrected chi connectivity index (χ2v) is 9.86. The minimum absolute atomic E-state index is 0.148. The fourth-order valence-electron chi connectivity index (χ4n) is 2.98. The Balaban J connectivity index is 1.84. The molecule has 6 nitrogen and oxygen atoms in total. The Hall–Kier alpha value is -1.61. The number of amides is 1. The lowest BCUT2D eigenvalue weighted by molar-refractivity contribution is -0.119. The highest BCUT2D eigenvalue weighted by Gasteiger charge is 2.40. The first-order valence-corrected chi connectivity index (χ1v) is 10.7. The van der Waals surface area contributed by atoms with Gasteiger partial charge in [-0.3, -0.25) is 4.79 Å². The molecule has 1 aliphatic rings. The number of halogens is 1. The van der Waals surface area contributed by atoms with Crippen molar-refractivity contribution in [3.63, 3.8) is 0 Å². The van der Waals surface area contributed by atoms with Gasteiger partial charge in [-0.15, -0.1) is 11.3 Å². The Labute approximate surface area is 161 Å². The van der Waals surface area contributed by atoms with Crippen LogP contribution in [0.3, 0.4) is 0 Å². The number of ether oxygens (including phenoxy) is 1. The number of carbonyl (C=O) groups is 1. The van der Waals surface area contributed by atoms with Crippen molar-refractivity contribution in [1.82, 2.24) is 4.31 Å². The highest BCUT2D eigenvalue weighted by atomic mass is 35.5. The molecular weight excluding hydrogens is 396 g/mol. The van der Waals surface area contributed by atoms with E-state index in [2.05, 4.69) is 5.32 Å². The van der Waals surface area contributed by atoms with E-state index in [1.165, 1.54) is 17.5 Å². The van der Waals surface area contributed by atoms with E-state index in [-0.39, 0.29) is 10.1 Å². The number of methoxy groups -OCH3 is 1. The quantitative estimate of drug-likeness (QED) is 0.812. The summed E-state index contributed by atoms with van der Waals surface area (Å²) < 4.78 is 32.8. The van der Waals surface area contributed by atoms with E-state index >= 15 is 0 Å². The molecule has 1 atom stereocenters. The van der Waals surface area contributed by atoms with Gasteiger partial charge in [0, 0.05) is 6.54 Å². The SMILES string of the molecule is COc1ccc(C)cc1NC(=O)[C@H]1CCCN1S(=O)(=O)c1ccc(Cl)s1. The molecule has 2 aromatic rings. The molecule has 1 fully saturated rings. The predicted octanol–water partition coefficient (Wildman–Crippen LogP) is 3.51. The molecular formula is C17H19ClN2O4S2. The van der Waals surface area contributed by atoms with Crippen LogP contribution in [0, 0.1) is 6.92 Å². The highest BCUT2D eigenvalue weighted by Crippen LogP contribution is 2.33. The molecule has 9 heteroatoms. The molecule has 1 aliphatic heterocycles. The fourth-order valence-corrected chi connectivity index (χ4v) is 6.25. The molecule has 1 N–H and O–H groups in total. The van der Waals surface area contributed by atoms with Crippen molar-refractivity contribution >= 4 is 44.6 Å². The van der Waals surface area contributed by atoms with Crippen LogP contribution in [-0.2, 0) is 14.8 Å². The maximum atomic E-state index is 12.9. The van der Waals surface area contributed by atoms with Crippen LogP contribution in [0.15, 0.2) is 34.5 Å². The van der Waals surface area contributed by atoms with Gasteiger partial charge in [-0.05, 0) is 49.6 Å². The zero-order valence-electron chi connectivity index (χ0n) is 14.4. The van der Waals surface area contributed by atoms with Gasteiger partial charge in [0.1, 0.15) is 16.0 Å². The predicted molar refractivity (Wildman–Crippen MR) is 103 cm³/mol. The number of anilines is 1. The number of hydrogen-bond acceptors (Lipinski definition) is 5. The highest BCUT2D eigenvalue weighted by molar-refractivity contribution is 7.91. The van der Waals surface area contributed by atoms with Crippen molar-refractivity contribution < 1.29 is 17.9 Å². The lowest BCUT2D eigenvalue weighted by Crippen LogP contribution is -2.42. The summed E-state index contributed by atoms with van der Waals surface area (Å²) >= 11 is 6.86. The number of rotatable bonds is 5. The second-order valence-electron chi connectivity index (χ2n) is 6.03. The van der Waals surface area contributed by atoms with E-state index in [0.29, 0.717) is 35.2 Å². The minimum atomic E-state index is -3.75. The van der Waals surface area contributed by atoms with E-state index in [1.54, 1.807) is 18.2 Å². The van der Waals surface area contributed by atoms with Gasteiger partial charge in [-0.2, -0.15) is 4.31 Å². The summed E-state index contributed by atoms with van der Waals surface area (Å²) in [5, 5.41) is 2.81. The molecule has 1 aromatic carbocycles. The Kier molecular flexibility index (Phi) is 5.57. The Morgan fingerprint density at radius 1 is 1.35 bits per heavy atom. The maximum Gasteiger partial charge on any atom is 0.253 e. The van der Waals surface area contributed by atoms with Crippen molar-refractivity contribution in [2.24, 2.45) is 0 Å². The van der Waals surface area contributed by atoms with E-state index in [0.717, 1.165) is 16.9 Å². The summed E-state index contributed by atoms with van der Waals surface area (Å²) in [7, 11) is -2.23. The number of benzene rings is 1. The zero-order valence-corrected chi connectivity index (χ0v) is 16.7. The summed E-state index contributed by atoms with van der Waals surface area (Å²) in [6, 6.07) is 7.69.